The summed E-state index contributed by atoms with van der Waals surface area (Å²) in [6.07, 6.45) is 2.79. The van der Waals surface area contributed by atoms with E-state index in [9.17, 15) is 18.3 Å². The fourth-order valence-corrected chi connectivity index (χ4v) is 6.43. The third-order valence-electron chi connectivity index (χ3n) is 6.33. The zero-order valence-electron chi connectivity index (χ0n) is 17.2. The summed E-state index contributed by atoms with van der Waals surface area (Å²) < 4.78 is 28.4. The Kier molecular flexibility index (Phi) is 5.07. The van der Waals surface area contributed by atoms with Gasteiger partial charge in [0, 0.05) is 38.1 Å². The van der Waals surface area contributed by atoms with Crippen molar-refractivity contribution in [2.24, 2.45) is 17.6 Å². The van der Waals surface area contributed by atoms with Crippen LogP contribution in [0.5, 0.6) is 0 Å². The van der Waals surface area contributed by atoms with Gasteiger partial charge < -0.3 is 15.7 Å². The number of aliphatic hydroxyl groups is 1. The number of amides is 1. The minimum Gasteiger partial charge on any atom is -0.395 e. The molecule has 3 aromatic rings. The smallest absolute Gasteiger partial charge is 0.251 e. The average molecular weight is 454 g/mol. The van der Waals surface area contributed by atoms with E-state index in [1.54, 1.807) is 12.1 Å². The molecule has 1 saturated heterocycles. The first-order valence-electron chi connectivity index (χ1n) is 10.4. The standard InChI is InChI=1S/C22H23N5O4S/c23-21(29)16-10-24-22(25-11-16)26-12-18-19(13-26)20(18)27(7-8-28)32(30,31)17-6-5-14-3-1-2-4-15(14)9-17/h1-6,9-11,18-20,28H,7-8,12-13H2,(H2,23,29). The highest BCUT2D eigenvalue weighted by Gasteiger charge is 2.61. The number of sulfonamides is 1. The molecule has 2 fully saturated rings. The van der Waals surface area contributed by atoms with Crippen LogP contribution >= 0.6 is 0 Å². The Morgan fingerprint density at radius 1 is 1.09 bits per heavy atom. The molecule has 2 heterocycles. The van der Waals surface area contributed by atoms with Crippen LogP contribution in [-0.2, 0) is 10.0 Å². The number of anilines is 1. The van der Waals surface area contributed by atoms with Gasteiger partial charge in [-0.1, -0.05) is 30.3 Å². The summed E-state index contributed by atoms with van der Waals surface area (Å²) in [5.41, 5.74) is 5.47. The zero-order chi connectivity index (χ0) is 22.5. The van der Waals surface area contributed by atoms with E-state index in [0.717, 1.165) is 10.8 Å². The summed E-state index contributed by atoms with van der Waals surface area (Å²) >= 11 is 0. The highest BCUT2D eigenvalue weighted by atomic mass is 32.2. The third-order valence-corrected chi connectivity index (χ3v) is 8.23. The van der Waals surface area contributed by atoms with Crippen LogP contribution in [0.3, 0.4) is 0 Å². The van der Waals surface area contributed by atoms with Crippen LogP contribution in [0.1, 0.15) is 10.4 Å². The molecule has 0 radical (unpaired) electrons. The van der Waals surface area contributed by atoms with Gasteiger partial charge in [0.05, 0.1) is 17.1 Å². The van der Waals surface area contributed by atoms with Gasteiger partial charge in [-0.25, -0.2) is 18.4 Å². The molecule has 2 unspecified atom stereocenters. The molecule has 5 rings (SSSR count). The number of benzene rings is 2. The molecule has 2 aromatic carbocycles. The molecule has 1 aliphatic heterocycles. The minimum absolute atomic E-state index is 0.0522. The van der Waals surface area contributed by atoms with Gasteiger partial charge in [0.2, 0.25) is 16.0 Å². The monoisotopic (exact) mass is 453 g/mol. The van der Waals surface area contributed by atoms with Gasteiger partial charge in [-0.15, -0.1) is 0 Å². The van der Waals surface area contributed by atoms with E-state index >= 15 is 0 Å². The van der Waals surface area contributed by atoms with E-state index < -0.39 is 15.9 Å². The molecule has 9 nitrogen and oxygen atoms in total. The highest BCUT2D eigenvalue weighted by molar-refractivity contribution is 7.89. The Balaban J connectivity index is 1.35. The van der Waals surface area contributed by atoms with Crippen molar-refractivity contribution in [3.63, 3.8) is 0 Å². The van der Waals surface area contributed by atoms with Crippen LogP contribution in [0.4, 0.5) is 5.95 Å². The lowest BCUT2D eigenvalue weighted by Crippen LogP contribution is -2.40. The molecule has 32 heavy (non-hydrogen) atoms. The number of hydrogen-bond acceptors (Lipinski definition) is 7. The number of piperidine rings is 1. The summed E-state index contributed by atoms with van der Waals surface area (Å²) in [7, 11) is -3.76. The molecular formula is C22H23N5O4S. The Morgan fingerprint density at radius 2 is 1.75 bits per heavy atom. The van der Waals surface area contributed by atoms with Gasteiger partial charge in [-0.05, 0) is 34.7 Å². The fraction of sp³-hybridized carbons (Fsp3) is 0.318. The maximum atomic E-state index is 13.5. The van der Waals surface area contributed by atoms with Crippen molar-refractivity contribution in [3.8, 4) is 0 Å². The molecule has 2 aliphatic rings. The first-order chi connectivity index (χ1) is 15.4. The maximum absolute atomic E-state index is 13.5. The van der Waals surface area contributed by atoms with Crippen LogP contribution < -0.4 is 10.6 Å². The minimum atomic E-state index is -3.76. The lowest BCUT2D eigenvalue weighted by atomic mass is 10.1. The number of hydrogen-bond donors (Lipinski definition) is 2. The van der Waals surface area contributed by atoms with Crippen molar-refractivity contribution in [2.45, 2.75) is 10.9 Å². The summed E-state index contributed by atoms with van der Waals surface area (Å²) in [6, 6.07) is 12.6. The summed E-state index contributed by atoms with van der Waals surface area (Å²) in [5.74, 6) is 0.180. The van der Waals surface area contributed by atoms with Crippen molar-refractivity contribution in [2.75, 3.05) is 31.1 Å². The molecule has 1 aliphatic carbocycles. The van der Waals surface area contributed by atoms with Gasteiger partial charge in [0.1, 0.15) is 0 Å². The first kappa shape index (κ1) is 20.8. The van der Waals surface area contributed by atoms with Crippen molar-refractivity contribution in [3.05, 3.63) is 60.4 Å². The number of carbonyl (C=O) groups is 1. The van der Waals surface area contributed by atoms with Crippen LogP contribution in [0.2, 0.25) is 0 Å². The second kappa shape index (κ2) is 7.80. The van der Waals surface area contributed by atoms with Gasteiger partial charge in [-0.3, -0.25) is 4.79 Å². The Bertz CT molecular complexity index is 1270. The quantitative estimate of drug-likeness (QED) is 0.542. The SMILES string of the molecule is NC(=O)c1cnc(N2CC3C(C2)C3N(CCO)S(=O)(=O)c2ccc3ccccc3c2)nc1. The Labute approximate surface area is 185 Å². The van der Waals surface area contributed by atoms with Crippen LogP contribution in [0, 0.1) is 11.8 Å². The van der Waals surface area contributed by atoms with Crippen molar-refractivity contribution >= 4 is 32.7 Å². The lowest BCUT2D eigenvalue weighted by molar-refractivity contribution is 0.0999. The normalized spacial score (nSPS) is 22.3. The highest BCUT2D eigenvalue weighted by Crippen LogP contribution is 2.50. The predicted molar refractivity (Wildman–Crippen MR) is 118 cm³/mol. The number of carbonyl (C=O) groups excluding carboxylic acids is 1. The van der Waals surface area contributed by atoms with Crippen LogP contribution in [0.25, 0.3) is 10.8 Å². The van der Waals surface area contributed by atoms with E-state index in [4.69, 9.17) is 5.73 Å². The summed E-state index contributed by atoms with van der Waals surface area (Å²) in [5, 5.41) is 11.4. The molecule has 1 aromatic heterocycles. The first-order valence-corrected chi connectivity index (χ1v) is 11.8. The third kappa shape index (κ3) is 3.50. The Hall–Kier alpha value is -3.08. The fourth-order valence-electron chi connectivity index (χ4n) is 4.69. The van der Waals surface area contributed by atoms with Crippen molar-refractivity contribution in [1.82, 2.24) is 14.3 Å². The number of primary amides is 1. The van der Waals surface area contributed by atoms with Crippen molar-refractivity contribution in [1.29, 1.82) is 0 Å². The molecule has 0 bridgehead atoms. The van der Waals surface area contributed by atoms with Gasteiger partial charge in [-0.2, -0.15) is 4.31 Å². The summed E-state index contributed by atoms with van der Waals surface area (Å²) in [4.78, 5) is 21.8. The van der Waals surface area contributed by atoms with Crippen molar-refractivity contribution < 1.29 is 18.3 Å². The lowest BCUT2D eigenvalue weighted by Gasteiger charge is -2.26. The number of nitrogens with two attached hydrogens (primary N) is 1. The zero-order valence-corrected chi connectivity index (χ0v) is 18.0. The van der Waals surface area contributed by atoms with E-state index in [2.05, 4.69) is 9.97 Å². The van der Waals surface area contributed by atoms with Crippen LogP contribution in [-0.4, -0.2) is 66.0 Å². The van der Waals surface area contributed by atoms with E-state index in [0.29, 0.717) is 19.0 Å². The molecule has 2 atom stereocenters. The molecule has 10 heteroatoms. The number of aromatic nitrogens is 2. The molecule has 166 valence electrons. The van der Waals surface area contributed by atoms with Gasteiger partial charge >= 0.3 is 0 Å². The molecule has 1 amide bonds. The van der Waals surface area contributed by atoms with Crippen LogP contribution in [0.15, 0.2) is 59.8 Å². The molecule has 3 N–H and O–H groups in total. The molecular weight excluding hydrogens is 430 g/mol. The predicted octanol–water partition coefficient (Wildman–Crippen LogP) is 0.847. The number of rotatable bonds is 7. The largest absolute Gasteiger partial charge is 0.395 e. The number of nitrogens with zero attached hydrogens (tertiary/aromatic N) is 4. The van der Waals surface area contributed by atoms with E-state index in [-0.39, 0.29) is 41.5 Å². The topological polar surface area (TPSA) is 130 Å². The summed E-state index contributed by atoms with van der Waals surface area (Å²) in [6.45, 7) is 1.03. The second-order valence-corrected chi connectivity index (χ2v) is 10.1. The second-order valence-electron chi connectivity index (χ2n) is 8.21. The van der Waals surface area contributed by atoms with E-state index in [1.807, 2.05) is 35.2 Å². The number of fused-ring (bicyclic) bond motifs is 2. The van der Waals surface area contributed by atoms with Gasteiger partial charge in [0.15, 0.2) is 0 Å². The van der Waals surface area contributed by atoms with Gasteiger partial charge in [0.25, 0.3) is 5.91 Å². The Morgan fingerprint density at radius 3 is 2.38 bits per heavy atom. The molecule has 1 saturated carbocycles. The molecule has 0 spiro atoms. The van der Waals surface area contributed by atoms with E-state index in [1.165, 1.54) is 16.7 Å². The number of aliphatic hydroxyl groups excluding tert-OH is 1. The maximum Gasteiger partial charge on any atom is 0.251 e. The average Bonchev–Trinajstić information content (AvgIpc) is 3.27.